The van der Waals surface area contributed by atoms with Crippen molar-refractivity contribution < 1.29 is 4.42 Å². The summed E-state index contributed by atoms with van der Waals surface area (Å²) in [6.45, 7) is 0. The first-order valence-corrected chi connectivity index (χ1v) is 20.3. The molecule has 0 N–H and O–H groups in total. The minimum absolute atomic E-state index is 0.153. The largest absolute Gasteiger partial charge is 0.456 e. The Morgan fingerprint density at radius 2 is 0.661 bits per heavy atom. The van der Waals surface area contributed by atoms with Crippen LogP contribution in [0, 0.1) is 0 Å². The predicted molar refractivity (Wildman–Crippen MR) is 248 cm³/mol. The zero-order valence-electron chi connectivity index (χ0n) is 32.4. The second kappa shape index (κ2) is 14.7. The van der Waals surface area contributed by atoms with Crippen LogP contribution in [0.4, 0.5) is 17.1 Å². The highest BCUT2D eigenvalue weighted by atomic mass is 16.3. The van der Waals surface area contributed by atoms with Crippen LogP contribution in [-0.2, 0) is 0 Å². The minimum Gasteiger partial charge on any atom is -0.456 e. The summed E-state index contributed by atoms with van der Waals surface area (Å²) in [7, 11) is 0. The fraction of sp³-hybridized carbons (Fsp3) is 0.0175. The Morgan fingerprint density at radius 3 is 1.12 bits per heavy atom. The Bertz CT molecular complexity index is 2930. The van der Waals surface area contributed by atoms with Gasteiger partial charge in [0.25, 0.3) is 0 Å². The molecule has 278 valence electrons. The Balaban J connectivity index is 1.01. The van der Waals surface area contributed by atoms with E-state index < -0.39 is 0 Å². The van der Waals surface area contributed by atoms with Gasteiger partial charge in [0.05, 0.1) is 0 Å². The maximum absolute atomic E-state index is 6.92. The van der Waals surface area contributed by atoms with Crippen LogP contribution in [-0.4, -0.2) is 0 Å². The van der Waals surface area contributed by atoms with Crippen LogP contribution in [0.2, 0.25) is 0 Å². The summed E-state index contributed by atoms with van der Waals surface area (Å²) in [4.78, 5) is 2.30. The molecule has 0 fully saturated rings. The van der Waals surface area contributed by atoms with Gasteiger partial charge in [-0.1, -0.05) is 182 Å². The molecule has 1 heterocycles. The molecule has 0 bridgehead atoms. The molecule has 0 saturated heterocycles. The molecule has 0 unspecified atom stereocenters. The first-order chi connectivity index (χ1) is 29.3. The number of hydrogen-bond donors (Lipinski definition) is 0. The van der Waals surface area contributed by atoms with Crippen molar-refractivity contribution in [1.82, 2.24) is 0 Å². The smallest absolute Gasteiger partial charge is 0.135 e. The van der Waals surface area contributed by atoms with Gasteiger partial charge in [-0.3, -0.25) is 0 Å². The van der Waals surface area contributed by atoms with Crippen LogP contribution >= 0.6 is 0 Å². The standard InChI is InChI=1S/C57H39NO/c1-5-15-41(16-6-1)55(42-17-7-2-8-18-42)43-29-27-39(28-30-43)47-35-37-53-56-49(47)23-13-25-51(56)52-26-14-24-50-48(36-38-54(59-53)57(50)52)40-31-33-46(34-32-40)58(44-19-9-3-10-20-44)45-21-11-4-12-22-45/h1-38,55H. The molecule has 2 heteroatoms. The molecule has 0 spiro atoms. The molecule has 0 radical (unpaired) electrons. The van der Waals surface area contributed by atoms with Gasteiger partial charge in [0.1, 0.15) is 11.2 Å². The Labute approximate surface area is 343 Å². The van der Waals surface area contributed by atoms with Crippen molar-refractivity contribution in [3.05, 3.63) is 247 Å². The van der Waals surface area contributed by atoms with E-state index in [1.54, 1.807) is 0 Å². The van der Waals surface area contributed by atoms with Gasteiger partial charge in [-0.15, -0.1) is 0 Å². The first kappa shape index (κ1) is 34.6. The van der Waals surface area contributed by atoms with Crippen molar-refractivity contribution in [3.8, 4) is 22.3 Å². The van der Waals surface area contributed by atoms with E-state index in [0.717, 1.165) is 44.6 Å². The number of para-hydroxylation sites is 2. The molecule has 59 heavy (non-hydrogen) atoms. The molecule has 0 saturated carbocycles. The highest BCUT2D eigenvalue weighted by Gasteiger charge is 2.19. The van der Waals surface area contributed by atoms with Gasteiger partial charge in [-0.2, -0.15) is 0 Å². The summed E-state index contributed by atoms with van der Waals surface area (Å²) in [6, 6.07) is 82.8. The van der Waals surface area contributed by atoms with E-state index in [0.29, 0.717) is 0 Å². The van der Waals surface area contributed by atoms with Crippen molar-refractivity contribution in [3.63, 3.8) is 0 Å². The van der Waals surface area contributed by atoms with Crippen molar-refractivity contribution in [1.29, 1.82) is 0 Å². The average Bonchev–Trinajstić information content (AvgIpc) is 3.45. The highest BCUT2D eigenvalue weighted by molar-refractivity contribution is 6.26. The Morgan fingerprint density at radius 1 is 0.288 bits per heavy atom. The first-order valence-electron chi connectivity index (χ1n) is 20.3. The average molecular weight is 754 g/mol. The molecule has 2 nitrogen and oxygen atoms in total. The fourth-order valence-electron chi connectivity index (χ4n) is 9.10. The van der Waals surface area contributed by atoms with Crippen molar-refractivity contribution in [2.45, 2.75) is 5.92 Å². The van der Waals surface area contributed by atoms with Gasteiger partial charge < -0.3 is 9.32 Å². The molecule has 0 aliphatic rings. The molecule has 0 aliphatic heterocycles. The lowest BCUT2D eigenvalue weighted by Gasteiger charge is -2.25. The molecule has 11 aromatic rings. The van der Waals surface area contributed by atoms with E-state index in [4.69, 9.17) is 4.42 Å². The second-order valence-electron chi connectivity index (χ2n) is 15.2. The maximum atomic E-state index is 6.92. The molecule has 10 aromatic carbocycles. The number of benzene rings is 10. The van der Waals surface area contributed by atoms with E-state index >= 15 is 0 Å². The van der Waals surface area contributed by atoms with E-state index in [1.807, 2.05) is 0 Å². The van der Waals surface area contributed by atoms with Gasteiger partial charge in [0.2, 0.25) is 0 Å². The third-order valence-electron chi connectivity index (χ3n) is 11.8. The van der Waals surface area contributed by atoms with Gasteiger partial charge in [-0.25, -0.2) is 0 Å². The summed E-state index contributed by atoms with van der Waals surface area (Å²) < 4.78 is 6.92. The number of rotatable bonds is 8. The molecule has 11 rings (SSSR count). The van der Waals surface area contributed by atoms with E-state index in [1.165, 1.54) is 54.9 Å². The van der Waals surface area contributed by atoms with E-state index in [-0.39, 0.29) is 5.92 Å². The Kier molecular flexibility index (Phi) is 8.60. The monoisotopic (exact) mass is 753 g/mol. The van der Waals surface area contributed by atoms with Crippen molar-refractivity contribution in [2.75, 3.05) is 4.90 Å². The van der Waals surface area contributed by atoms with Crippen molar-refractivity contribution >= 4 is 60.5 Å². The summed E-state index contributed by atoms with van der Waals surface area (Å²) >= 11 is 0. The van der Waals surface area contributed by atoms with Crippen LogP contribution in [0.5, 0.6) is 0 Å². The summed E-state index contributed by atoms with van der Waals surface area (Å²) in [6.07, 6.45) is 0. The molecule has 0 aliphatic carbocycles. The third-order valence-corrected chi connectivity index (χ3v) is 11.8. The number of anilines is 3. The maximum Gasteiger partial charge on any atom is 0.135 e. The van der Waals surface area contributed by atoms with E-state index in [2.05, 4.69) is 235 Å². The summed E-state index contributed by atoms with van der Waals surface area (Å²) in [5.41, 5.74) is 13.6. The lowest BCUT2D eigenvalue weighted by Crippen LogP contribution is -2.09. The molecule has 0 atom stereocenters. The van der Waals surface area contributed by atoms with Gasteiger partial charge in [0, 0.05) is 33.8 Å². The minimum atomic E-state index is 0.153. The molecular weight excluding hydrogens is 715 g/mol. The topological polar surface area (TPSA) is 16.4 Å². The summed E-state index contributed by atoms with van der Waals surface area (Å²) in [5.74, 6) is 0.153. The van der Waals surface area contributed by atoms with Crippen LogP contribution in [0.25, 0.3) is 65.7 Å². The normalized spacial score (nSPS) is 11.5. The van der Waals surface area contributed by atoms with Gasteiger partial charge in [0.15, 0.2) is 0 Å². The van der Waals surface area contributed by atoms with Crippen LogP contribution in [0.1, 0.15) is 22.6 Å². The lowest BCUT2D eigenvalue weighted by molar-refractivity contribution is 0.664. The Hall–Kier alpha value is -7.68. The molecule has 1 aromatic heterocycles. The quantitative estimate of drug-likeness (QED) is 0.144. The van der Waals surface area contributed by atoms with Gasteiger partial charge in [-0.05, 0) is 109 Å². The molecule has 0 amide bonds. The van der Waals surface area contributed by atoms with Crippen LogP contribution in [0.15, 0.2) is 235 Å². The second-order valence-corrected chi connectivity index (χ2v) is 15.2. The highest BCUT2D eigenvalue weighted by Crippen LogP contribution is 2.43. The lowest BCUT2D eigenvalue weighted by atomic mass is 9.84. The van der Waals surface area contributed by atoms with Crippen molar-refractivity contribution in [2.24, 2.45) is 0 Å². The molecular formula is C57H39NO. The van der Waals surface area contributed by atoms with Crippen LogP contribution < -0.4 is 4.90 Å². The fourth-order valence-corrected chi connectivity index (χ4v) is 9.10. The SMILES string of the molecule is c1ccc(C(c2ccccc2)c2ccc(-c3ccc4oc5ccc(-c6ccc(N(c7ccccc7)c7ccccc7)cc6)c6cccc(c7cccc3c47)c56)cc2)cc1. The van der Waals surface area contributed by atoms with Crippen LogP contribution in [0.3, 0.4) is 0 Å². The third kappa shape index (κ3) is 6.14. The number of hydrogen-bond acceptors (Lipinski definition) is 2. The van der Waals surface area contributed by atoms with Gasteiger partial charge >= 0.3 is 0 Å². The van der Waals surface area contributed by atoms with E-state index in [9.17, 15) is 0 Å². The number of fused-ring (bicyclic) bond motifs is 1. The zero-order chi connectivity index (χ0) is 39.1. The zero-order valence-corrected chi connectivity index (χ0v) is 32.4. The summed E-state index contributed by atoms with van der Waals surface area (Å²) in [5, 5.41) is 6.98. The predicted octanol–water partition coefficient (Wildman–Crippen LogP) is 15.9. The number of nitrogens with zero attached hydrogens (tertiary/aromatic N) is 1.